The molecule has 1 atom stereocenters. The minimum Gasteiger partial charge on any atom is -0.393 e. The molecule has 2 fully saturated rings. The molecule has 0 unspecified atom stereocenters. The van der Waals surface area contributed by atoms with Crippen molar-refractivity contribution in [1.29, 1.82) is 0 Å². The minimum absolute atomic E-state index is 0.0806. The molecule has 0 radical (unpaired) electrons. The molecule has 3 rings (SSSR count). The summed E-state index contributed by atoms with van der Waals surface area (Å²) in [6.07, 6.45) is 3.88. The van der Waals surface area contributed by atoms with Crippen molar-refractivity contribution >= 4 is 5.91 Å². The van der Waals surface area contributed by atoms with E-state index in [2.05, 4.69) is 17.4 Å². The van der Waals surface area contributed by atoms with Crippen molar-refractivity contribution in [2.24, 2.45) is 11.8 Å². The quantitative estimate of drug-likeness (QED) is 0.873. The number of aliphatic hydroxyl groups is 1. The third kappa shape index (κ3) is 3.87. The highest BCUT2D eigenvalue weighted by Gasteiger charge is 2.35. The summed E-state index contributed by atoms with van der Waals surface area (Å²) in [4.78, 5) is 12.5. The number of hydrogen-bond acceptors (Lipinski definition) is 3. The first kappa shape index (κ1) is 15.5. The molecule has 0 spiro atoms. The molecule has 22 heavy (non-hydrogen) atoms. The van der Waals surface area contributed by atoms with Crippen molar-refractivity contribution in [1.82, 2.24) is 5.32 Å². The molecule has 1 aromatic carbocycles. The fraction of sp³-hybridized carbons (Fsp3) is 0.611. The first-order valence-electron chi connectivity index (χ1n) is 8.32. The van der Waals surface area contributed by atoms with Crippen LogP contribution in [-0.2, 0) is 16.0 Å². The van der Waals surface area contributed by atoms with E-state index in [1.807, 2.05) is 18.2 Å². The molecular weight excluding hydrogens is 278 g/mol. The van der Waals surface area contributed by atoms with E-state index >= 15 is 0 Å². The number of amides is 1. The number of carbonyl (C=O) groups excluding carboxylic acids is 1. The van der Waals surface area contributed by atoms with Gasteiger partial charge in [0.2, 0.25) is 5.91 Å². The van der Waals surface area contributed by atoms with E-state index in [1.54, 1.807) is 0 Å². The summed E-state index contributed by atoms with van der Waals surface area (Å²) in [5, 5.41) is 12.8. The Kier molecular flexibility index (Phi) is 5.11. The van der Waals surface area contributed by atoms with E-state index in [9.17, 15) is 9.90 Å². The van der Waals surface area contributed by atoms with E-state index in [-0.39, 0.29) is 24.0 Å². The maximum absolute atomic E-state index is 12.5. The maximum Gasteiger partial charge on any atom is 0.223 e. The average molecular weight is 303 g/mol. The Morgan fingerprint density at radius 2 is 1.91 bits per heavy atom. The van der Waals surface area contributed by atoms with Gasteiger partial charge in [0.25, 0.3) is 0 Å². The van der Waals surface area contributed by atoms with Gasteiger partial charge in [-0.3, -0.25) is 4.79 Å². The van der Waals surface area contributed by atoms with Crippen LogP contribution in [0.25, 0.3) is 0 Å². The Balaban J connectivity index is 1.61. The Hall–Kier alpha value is -1.39. The predicted molar refractivity (Wildman–Crippen MR) is 84.4 cm³/mol. The Morgan fingerprint density at radius 3 is 2.55 bits per heavy atom. The summed E-state index contributed by atoms with van der Waals surface area (Å²) in [6.45, 7) is 1.37. The van der Waals surface area contributed by atoms with E-state index in [0.29, 0.717) is 19.1 Å². The molecule has 0 aromatic heterocycles. The van der Waals surface area contributed by atoms with Gasteiger partial charge in [-0.1, -0.05) is 30.3 Å². The highest BCUT2D eigenvalue weighted by Crippen LogP contribution is 2.32. The molecule has 1 amide bonds. The maximum atomic E-state index is 12.5. The van der Waals surface area contributed by atoms with Gasteiger partial charge in [-0.2, -0.15) is 0 Å². The standard InChI is InChI=1S/C18H25NO3/c20-16-11-15(12-16)17(10-13-4-2-1-3-5-13)19-18(21)14-6-8-22-9-7-14/h1-5,14-17,20H,6-12H2,(H,19,21)/t15?,16?,17-/m1/s1. The molecule has 1 saturated carbocycles. The smallest absolute Gasteiger partial charge is 0.223 e. The number of carbonyl (C=O) groups is 1. The highest BCUT2D eigenvalue weighted by molar-refractivity contribution is 5.79. The van der Waals surface area contributed by atoms with Gasteiger partial charge < -0.3 is 15.2 Å². The molecule has 2 N–H and O–H groups in total. The summed E-state index contributed by atoms with van der Waals surface area (Å²) in [6, 6.07) is 10.4. The van der Waals surface area contributed by atoms with Gasteiger partial charge in [0.15, 0.2) is 0 Å². The van der Waals surface area contributed by atoms with Gasteiger partial charge in [0.1, 0.15) is 0 Å². The Labute approximate surface area is 131 Å². The van der Waals surface area contributed by atoms with E-state index in [0.717, 1.165) is 32.1 Å². The Morgan fingerprint density at radius 1 is 1.23 bits per heavy atom. The first-order valence-corrected chi connectivity index (χ1v) is 8.32. The third-order valence-electron chi connectivity index (χ3n) is 4.94. The SMILES string of the molecule is O=C(N[C@H](Cc1ccccc1)C1CC(O)C1)C1CCOCC1. The second-order valence-corrected chi connectivity index (χ2v) is 6.58. The molecule has 120 valence electrons. The van der Waals surface area contributed by atoms with Crippen molar-refractivity contribution < 1.29 is 14.6 Å². The molecule has 1 aromatic rings. The van der Waals surface area contributed by atoms with Crippen LogP contribution in [0, 0.1) is 11.8 Å². The molecule has 4 nitrogen and oxygen atoms in total. The second-order valence-electron chi connectivity index (χ2n) is 6.58. The summed E-state index contributed by atoms with van der Waals surface area (Å²) < 4.78 is 5.33. The molecule has 4 heteroatoms. The average Bonchev–Trinajstić information content (AvgIpc) is 2.53. The van der Waals surface area contributed by atoms with Crippen molar-refractivity contribution in [2.75, 3.05) is 13.2 Å². The van der Waals surface area contributed by atoms with Crippen molar-refractivity contribution in [3.05, 3.63) is 35.9 Å². The monoisotopic (exact) mass is 303 g/mol. The van der Waals surface area contributed by atoms with E-state index in [4.69, 9.17) is 4.74 Å². The zero-order chi connectivity index (χ0) is 15.4. The van der Waals surface area contributed by atoms with Crippen LogP contribution < -0.4 is 5.32 Å². The van der Waals surface area contributed by atoms with Crippen LogP contribution in [0.4, 0.5) is 0 Å². The number of benzene rings is 1. The van der Waals surface area contributed by atoms with Crippen LogP contribution in [0.2, 0.25) is 0 Å². The van der Waals surface area contributed by atoms with E-state index in [1.165, 1.54) is 5.56 Å². The lowest BCUT2D eigenvalue weighted by Crippen LogP contribution is -2.50. The van der Waals surface area contributed by atoms with Crippen molar-refractivity contribution in [3.8, 4) is 0 Å². The van der Waals surface area contributed by atoms with Gasteiger partial charge in [-0.05, 0) is 43.6 Å². The predicted octanol–water partition coefficient (Wildman–Crippen LogP) is 1.91. The number of aliphatic hydroxyl groups excluding tert-OH is 1. The van der Waals surface area contributed by atoms with Crippen LogP contribution in [0.3, 0.4) is 0 Å². The number of hydrogen-bond donors (Lipinski definition) is 2. The van der Waals surface area contributed by atoms with Crippen LogP contribution in [-0.4, -0.2) is 36.4 Å². The molecule has 2 aliphatic rings. The fourth-order valence-corrected chi connectivity index (χ4v) is 3.42. The molecule has 0 bridgehead atoms. The first-order chi connectivity index (χ1) is 10.7. The summed E-state index contributed by atoms with van der Waals surface area (Å²) >= 11 is 0. The fourth-order valence-electron chi connectivity index (χ4n) is 3.42. The number of rotatable bonds is 5. The normalized spacial score (nSPS) is 27.0. The van der Waals surface area contributed by atoms with Crippen LogP contribution in [0.5, 0.6) is 0 Å². The minimum atomic E-state index is -0.191. The molecule has 1 heterocycles. The molecule has 1 saturated heterocycles. The Bertz CT molecular complexity index is 478. The van der Waals surface area contributed by atoms with Gasteiger partial charge in [-0.15, -0.1) is 0 Å². The summed E-state index contributed by atoms with van der Waals surface area (Å²) in [7, 11) is 0. The van der Waals surface area contributed by atoms with Gasteiger partial charge in [-0.25, -0.2) is 0 Å². The third-order valence-corrected chi connectivity index (χ3v) is 4.94. The lowest BCUT2D eigenvalue weighted by molar-refractivity contribution is -0.129. The topological polar surface area (TPSA) is 58.6 Å². The van der Waals surface area contributed by atoms with Gasteiger partial charge >= 0.3 is 0 Å². The largest absolute Gasteiger partial charge is 0.393 e. The van der Waals surface area contributed by atoms with Gasteiger partial charge in [0.05, 0.1) is 6.10 Å². The second kappa shape index (κ2) is 7.25. The summed E-state index contributed by atoms with van der Waals surface area (Å²) in [5.74, 6) is 0.627. The van der Waals surface area contributed by atoms with Crippen molar-refractivity contribution in [3.63, 3.8) is 0 Å². The van der Waals surface area contributed by atoms with Gasteiger partial charge in [0, 0.05) is 25.2 Å². The number of ether oxygens (including phenoxy) is 1. The van der Waals surface area contributed by atoms with Crippen LogP contribution in [0.1, 0.15) is 31.2 Å². The van der Waals surface area contributed by atoms with Crippen molar-refractivity contribution in [2.45, 2.75) is 44.2 Å². The molecule has 1 aliphatic carbocycles. The van der Waals surface area contributed by atoms with Crippen LogP contribution in [0.15, 0.2) is 30.3 Å². The lowest BCUT2D eigenvalue weighted by Gasteiger charge is -2.39. The number of nitrogens with one attached hydrogen (secondary N) is 1. The molecular formula is C18H25NO3. The lowest BCUT2D eigenvalue weighted by atomic mass is 9.75. The molecule has 1 aliphatic heterocycles. The van der Waals surface area contributed by atoms with Crippen LogP contribution >= 0.6 is 0 Å². The zero-order valence-corrected chi connectivity index (χ0v) is 12.9. The van der Waals surface area contributed by atoms with E-state index < -0.39 is 0 Å². The zero-order valence-electron chi connectivity index (χ0n) is 12.9. The highest BCUT2D eigenvalue weighted by atomic mass is 16.5. The summed E-state index contributed by atoms with van der Waals surface area (Å²) in [5.41, 5.74) is 1.24.